The summed E-state index contributed by atoms with van der Waals surface area (Å²) < 4.78 is 11.8. The Morgan fingerprint density at radius 3 is 2.21 bits per heavy atom. The van der Waals surface area contributed by atoms with Crippen LogP contribution >= 0.6 is 0 Å². The first-order valence-electron chi connectivity index (χ1n) is 12.1. The zero-order chi connectivity index (χ0) is 25.5. The SMILES string of the molecule is O=C([O-])CCCOc1ccc2cc(-c3nc(OCc4ccccc4)cc(-c4ccccc4)n3)ccc2c1.[Na+]. The summed E-state index contributed by atoms with van der Waals surface area (Å²) >= 11 is 0. The van der Waals surface area contributed by atoms with Gasteiger partial charge in [0.05, 0.1) is 12.3 Å². The molecule has 5 aromatic rings. The van der Waals surface area contributed by atoms with E-state index in [0.29, 0.717) is 37.1 Å². The molecule has 0 N–H and O–H groups in total. The van der Waals surface area contributed by atoms with Gasteiger partial charge in [0.1, 0.15) is 12.4 Å². The summed E-state index contributed by atoms with van der Waals surface area (Å²) in [6.45, 7) is 0.735. The Balaban J connectivity index is 0.00000336. The van der Waals surface area contributed by atoms with Gasteiger partial charge in [-0.2, -0.15) is 4.98 Å². The van der Waals surface area contributed by atoms with Crippen LogP contribution in [0.3, 0.4) is 0 Å². The Hall–Kier alpha value is -3.71. The zero-order valence-electron chi connectivity index (χ0n) is 21.2. The van der Waals surface area contributed by atoms with E-state index in [0.717, 1.165) is 33.2 Å². The van der Waals surface area contributed by atoms with E-state index in [1.54, 1.807) is 0 Å². The van der Waals surface area contributed by atoms with Crippen molar-refractivity contribution in [3.05, 3.63) is 109 Å². The number of carboxylic acids is 1. The quantitative estimate of drug-likeness (QED) is 0.211. The predicted molar refractivity (Wildman–Crippen MR) is 141 cm³/mol. The van der Waals surface area contributed by atoms with Crippen LogP contribution in [-0.2, 0) is 11.4 Å². The number of fused-ring (bicyclic) bond motifs is 1. The van der Waals surface area contributed by atoms with Crippen LogP contribution in [0.5, 0.6) is 11.6 Å². The molecule has 5 rings (SSSR count). The number of carboxylic acid groups (broad SMARTS) is 1. The van der Waals surface area contributed by atoms with Gasteiger partial charge >= 0.3 is 29.6 Å². The number of aliphatic carboxylic acids is 1. The molecule has 184 valence electrons. The zero-order valence-corrected chi connectivity index (χ0v) is 23.2. The van der Waals surface area contributed by atoms with Gasteiger partial charge in [0.25, 0.3) is 0 Å². The average molecular weight is 513 g/mol. The molecule has 7 heteroatoms. The smallest absolute Gasteiger partial charge is 0.550 e. The fraction of sp³-hybridized carbons (Fsp3) is 0.129. The molecule has 4 aromatic carbocycles. The number of hydrogen-bond acceptors (Lipinski definition) is 6. The Morgan fingerprint density at radius 2 is 1.45 bits per heavy atom. The molecule has 1 heterocycles. The first kappa shape index (κ1) is 27.3. The van der Waals surface area contributed by atoms with E-state index < -0.39 is 5.97 Å². The summed E-state index contributed by atoms with van der Waals surface area (Å²) in [6, 6.07) is 33.6. The first-order valence-corrected chi connectivity index (χ1v) is 12.1. The van der Waals surface area contributed by atoms with Gasteiger partial charge in [-0.05, 0) is 47.4 Å². The van der Waals surface area contributed by atoms with Crippen LogP contribution in [0.1, 0.15) is 18.4 Å². The second-order valence-electron chi connectivity index (χ2n) is 8.60. The molecule has 0 fully saturated rings. The van der Waals surface area contributed by atoms with E-state index in [1.807, 2.05) is 103 Å². The van der Waals surface area contributed by atoms with Crippen LogP contribution in [-0.4, -0.2) is 22.5 Å². The van der Waals surface area contributed by atoms with Crippen LogP contribution in [0.2, 0.25) is 0 Å². The van der Waals surface area contributed by atoms with Crippen LogP contribution in [0.15, 0.2) is 103 Å². The molecule has 0 aliphatic carbocycles. The molecule has 0 aliphatic heterocycles. The maximum Gasteiger partial charge on any atom is 1.00 e. The van der Waals surface area contributed by atoms with Gasteiger partial charge in [0.15, 0.2) is 5.82 Å². The summed E-state index contributed by atoms with van der Waals surface area (Å²) in [7, 11) is 0. The van der Waals surface area contributed by atoms with E-state index in [2.05, 4.69) is 0 Å². The number of carbonyl (C=O) groups excluding carboxylic acids is 1. The predicted octanol–water partition coefficient (Wildman–Crippen LogP) is 2.46. The van der Waals surface area contributed by atoms with Crippen LogP contribution in [0.25, 0.3) is 33.4 Å². The van der Waals surface area contributed by atoms with Gasteiger partial charge in [-0.25, -0.2) is 4.98 Å². The fourth-order valence-corrected chi connectivity index (χ4v) is 3.98. The molecular formula is C31H25N2NaO4. The summed E-state index contributed by atoms with van der Waals surface area (Å²) in [5, 5.41) is 12.6. The first-order chi connectivity index (χ1) is 18.1. The molecule has 0 atom stereocenters. The Labute approximate surface area is 243 Å². The molecule has 0 spiro atoms. The molecule has 0 aliphatic rings. The minimum Gasteiger partial charge on any atom is -0.550 e. The maximum absolute atomic E-state index is 10.6. The van der Waals surface area contributed by atoms with Gasteiger partial charge in [-0.1, -0.05) is 78.9 Å². The van der Waals surface area contributed by atoms with Crippen molar-refractivity contribution in [3.8, 4) is 34.3 Å². The van der Waals surface area contributed by atoms with Crippen LogP contribution in [0.4, 0.5) is 0 Å². The number of hydrogen-bond donors (Lipinski definition) is 0. The minimum absolute atomic E-state index is 0. The molecule has 0 bridgehead atoms. The molecule has 0 unspecified atom stereocenters. The third-order valence-corrected chi connectivity index (χ3v) is 5.87. The summed E-state index contributed by atoms with van der Waals surface area (Å²) in [5.74, 6) is 0.710. The topological polar surface area (TPSA) is 84.4 Å². The third-order valence-electron chi connectivity index (χ3n) is 5.87. The monoisotopic (exact) mass is 512 g/mol. The largest absolute Gasteiger partial charge is 1.00 e. The second kappa shape index (κ2) is 13.2. The van der Waals surface area contributed by atoms with Crippen molar-refractivity contribution in [3.63, 3.8) is 0 Å². The minimum atomic E-state index is -1.07. The summed E-state index contributed by atoms with van der Waals surface area (Å²) in [5.41, 5.74) is 3.70. The van der Waals surface area contributed by atoms with Gasteiger partial charge in [0.2, 0.25) is 5.88 Å². The molecule has 0 saturated heterocycles. The number of carbonyl (C=O) groups is 1. The van der Waals surface area contributed by atoms with Crippen molar-refractivity contribution in [1.82, 2.24) is 9.97 Å². The van der Waals surface area contributed by atoms with Crippen molar-refractivity contribution in [2.24, 2.45) is 0 Å². The number of nitrogens with zero attached hydrogens (tertiary/aromatic N) is 2. The summed E-state index contributed by atoms with van der Waals surface area (Å²) in [6.07, 6.45) is 0.388. The van der Waals surface area contributed by atoms with Gasteiger partial charge in [-0.15, -0.1) is 0 Å². The third kappa shape index (κ3) is 7.19. The van der Waals surface area contributed by atoms with E-state index in [1.165, 1.54) is 0 Å². The van der Waals surface area contributed by atoms with Gasteiger partial charge < -0.3 is 19.4 Å². The molecule has 0 radical (unpaired) electrons. The van der Waals surface area contributed by atoms with Crippen molar-refractivity contribution in [2.75, 3.05) is 6.61 Å². The van der Waals surface area contributed by atoms with Crippen molar-refractivity contribution in [1.29, 1.82) is 0 Å². The maximum atomic E-state index is 10.6. The Kier molecular flexibility index (Phi) is 9.49. The number of ether oxygens (including phenoxy) is 2. The fourth-order valence-electron chi connectivity index (χ4n) is 3.98. The van der Waals surface area contributed by atoms with E-state index >= 15 is 0 Å². The van der Waals surface area contributed by atoms with E-state index in [4.69, 9.17) is 19.4 Å². The Bertz CT molecular complexity index is 1510. The van der Waals surface area contributed by atoms with E-state index in [9.17, 15) is 9.90 Å². The van der Waals surface area contributed by atoms with Gasteiger partial charge in [0, 0.05) is 23.2 Å². The second-order valence-corrected chi connectivity index (χ2v) is 8.60. The number of benzene rings is 4. The number of rotatable bonds is 10. The van der Waals surface area contributed by atoms with Crippen molar-refractivity contribution < 1.29 is 48.9 Å². The molecule has 0 amide bonds. The van der Waals surface area contributed by atoms with Crippen LogP contribution < -0.4 is 44.1 Å². The Morgan fingerprint density at radius 1 is 0.737 bits per heavy atom. The standard InChI is InChI=1S/C31H26N2O4.Na/c34-30(35)12-7-17-36-27-16-15-24-18-26(14-13-25(24)19-27)31-32-28(23-10-5-2-6-11-23)20-29(33-31)37-21-22-8-3-1-4-9-22;/h1-6,8-11,13-16,18-20H,7,12,17,21H2,(H,34,35);/q;+1/p-1. The van der Waals surface area contributed by atoms with E-state index in [-0.39, 0.29) is 36.0 Å². The summed E-state index contributed by atoms with van der Waals surface area (Å²) in [4.78, 5) is 20.1. The average Bonchev–Trinajstić information content (AvgIpc) is 2.94. The molecular weight excluding hydrogens is 487 g/mol. The van der Waals surface area contributed by atoms with Crippen molar-refractivity contribution in [2.45, 2.75) is 19.4 Å². The van der Waals surface area contributed by atoms with Gasteiger partial charge in [-0.3, -0.25) is 0 Å². The normalized spacial score (nSPS) is 10.5. The molecule has 38 heavy (non-hydrogen) atoms. The number of aromatic nitrogens is 2. The molecule has 6 nitrogen and oxygen atoms in total. The molecule has 0 saturated carbocycles. The van der Waals surface area contributed by atoms with Crippen LogP contribution in [0, 0.1) is 0 Å². The van der Waals surface area contributed by atoms with Crippen molar-refractivity contribution >= 4 is 16.7 Å². The molecule has 1 aromatic heterocycles.